The van der Waals surface area contributed by atoms with Gasteiger partial charge in [0.05, 0.1) is 12.7 Å². The van der Waals surface area contributed by atoms with Gasteiger partial charge in [-0.2, -0.15) is 0 Å². The van der Waals surface area contributed by atoms with Crippen LogP contribution in [0.5, 0.6) is 11.5 Å². The maximum Gasteiger partial charge on any atom is 0.334 e. The van der Waals surface area contributed by atoms with Crippen molar-refractivity contribution in [3.05, 3.63) is 41.7 Å². The summed E-state index contributed by atoms with van der Waals surface area (Å²) >= 11 is 0. The number of esters is 1. The summed E-state index contributed by atoms with van der Waals surface area (Å²) in [6, 6.07) is 5.69. The van der Waals surface area contributed by atoms with Gasteiger partial charge in [-0.1, -0.05) is 19.1 Å². The monoisotopic (exact) mass is 302 g/mol. The lowest BCUT2D eigenvalue weighted by Crippen LogP contribution is -2.21. The third kappa shape index (κ3) is 3.42. The predicted molar refractivity (Wildman–Crippen MR) is 80.4 cm³/mol. The smallest absolute Gasteiger partial charge is 0.334 e. The number of carbonyl (C=O) groups excluding carboxylic acids is 1. The number of carbonyl (C=O) groups is 1. The van der Waals surface area contributed by atoms with Gasteiger partial charge in [0, 0.05) is 6.42 Å². The molecule has 0 saturated heterocycles. The van der Waals surface area contributed by atoms with Crippen molar-refractivity contribution in [2.45, 2.75) is 25.9 Å². The van der Waals surface area contributed by atoms with E-state index in [4.69, 9.17) is 18.9 Å². The largest absolute Gasteiger partial charge is 0.498 e. The van der Waals surface area contributed by atoms with E-state index in [9.17, 15) is 4.79 Å². The molecule has 1 aromatic carbocycles. The summed E-state index contributed by atoms with van der Waals surface area (Å²) in [7, 11) is 0. The van der Waals surface area contributed by atoms with Crippen LogP contribution in [0.1, 0.15) is 25.3 Å². The van der Waals surface area contributed by atoms with Crippen molar-refractivity contribution in [1.29, 1.82) is 0 Å². The van der Waals surface area contributed by atoms with Crippen LogP contribution in [0, 0.1) is 0 Å². The minimum Gasteiger partial charge on any atom is -0.498 e. The summed E-state index contributed by atoms with van der Waals surface area (Å²) in [6.45, 7) is 2.89. The maximum atomic E-state index is 11.6. The van der Waals surface area contributed by atoms with E-state index in [0.717, 1.165) is 23.5 Å². The van der Waals surface area contributed by atoms with Crippen molar-refractivity contribution in [3.8, 4) is 11.5 Å². The van der Waals surface area contributed by atoms with E-state index in [1.165, 1.54) is 6.08 Å². The molecule has 2 heterocycles. The molecule has 0 fully saturated rings. The molecule has 0 N–H and O–H groups in total. The van der Waals surface area contributed by atoms with Gasteiger partial charge < -0.3 is 18.9 Å². The lowest BCUT2D eigenvalue weighted by Gasteiger charge is -2.20. The third-order valence-corrected chi connectivity index (χ3v) is 3.34. The van der Waals surface area contributed by atoms with Gasteiger partial charge in [0.2, 0.25) is 6.79 Å². The maximum absolute atomic E-state index is 11.6. The second-order valence-electron chi connectivity index (χ2n) is 5.11. The molecule has 0 spiro atoms. The van der Waals surface area contributed by atoms with Crippen molar-refractivity contribution in [1.82, 2.24) is 0 Å². The van der Waals surface area contributed by atoms with E-state index in [1.807, 2.05) is 37.3 Å². The van der Waals surface area contributed by atoms with Crippen molar-refractivity contribution in [3.63, 3.8) is 0 Å². The van der Waals surface area contributed by atoms with Gasteiger partial charge in [-0.05, 0) is 30.2 Å². The Morgan fingerprint density at radius 2 is 2.18 bits per heavy atom. The Morgan fingerprint density at radius 1 is 1.32 bits per heavy atom. The zero-order chi connectivity index (χ0) is 15.4. The summed E-state index contributed by atoms with van der Waals surface area (Å²) in [5.74, 6) is 1.80. The van der Waals surface area contributed by atoms with Crippen molar-refractivity contribution in [2.24, 2.45) is 0 Å². The quantitative estimate of drug-likeness (QED) is 0.782. The number of cyclic esters (lactones) is 1. The lowest BCUT2D eigenvalue weighted by molar-refractivity contribution is -0.142. The fourth-order valence-electron chi connectivity index (χ4n) is 2.29. The molecule has 5 nitrogen and oxygen atoms in total. The summed E-state index contributed by atoms with van der Waals surface area (Å²) in [5.41, 5.74) is 0.964. The molecular weight excluding hydrogens is 284 g/mol. The molecule has 3 rings (SSSR count). The molecule has 0 amide bonds. The first-order chi connectivity index (χ1) is 10.7. The van der Waals surface area contributed by atoms with Crippen LogP contribution in [0.25, 0.3) is 6.08 Å². The van der Waals surface area contributed by atoms with Crippen LogP contribution in [0.3, 0.4) is 0 Å². The number of rotatable bonds is 5. The zero-order valence-corrected chi connectivity index (χ0v) is 12.4. The van der Waals surface area contributed by atoms with Gasteiger partial charge in [0.1, 0.15) is 11.9 Å². The van der Waals surface area contributed by atoms with E-state index >= 15 is 0 Å². The highest BCUT2D eigenvalue weighted by Crippen LogP contribution is 2.33. The second kappa shape index (κ2) is 6.56. The minimum absolute atomic E-state index is 0.256. The lowest BCUT2D eigenvalue weighted by atomic mass is 10.1. The first-order valence-electron chi connectivity index (χ1n) is 7.36. The molecular formula is C17H18O5. The Kier molecular flexibility index (Phi) is 4.32. The van der Waals surface area contributed by atoms with Crippen LogP contribution < -0.4 is 9.47 Å². The molecule has 1 atom stereocenters. The molecule has 2 aliphatic rings. The number of hydrogen-bond acceptors (Lipinski definition) is 5. The minimum atomic E-state index is -0.363. The molecule has 0 saturated carbocycles. The van der Waals surface area contributed by atoms with Crippen molar-refractivity contribution in [2.75, 3.05) is 13.4 Å². The predicted octanol–water partition coefficient (Wildman–Crippen LogP) is 3.05. The van der Waals surface area contributed by atoms with E-state index in [0.29, 0.717) is 18.8 Å². The molecule has 0 aromatic heterocycles. The molecule has 116 valence electrons. The van der Waals surface area contributed by atoms with Crippen LogP contribution in [-0.4, -0.2) is 25.5 Å². The molecule has 5 heteroatoms. The highest BCUT2D eigenvalue weighted by molar-refractivity contribution is 5.83. The van der Waals surface area contributed by atoms with E-state index in [1.54, 1.807) is 0 Å². The average Bonchev–Trinajstić information content (AvgIpc) is 2.98. The highest BCUT2D eigenvalue weighted by atomic mass is 16.7. The molecule has 0 aliphatic carbocycles. The Morgan fingerprint density at radius 3 is 3.05 bits per heavy atom. The number of benzene rings is 1. The van der Waals surface area contributed by atoms with Gasteiger partial charge in [0.25, 0.3) is 0 Å². The average molecular weight is 302 g/mol. The Bertz CT molecular complexity index is 617. The van der Waals surface area contributed by atoms with Gasteiger partial charge >= 0.3 is 5.97 Å². The summed E-state index contributed by atoms with van der Waals surface area (Å²) in [4.78, 5) is 11.6. The summed E-state index contributed by atoms with van der Waals surface area (Å²) < 4.78 is 21.4. The normalized spacial score (nSPS) is 20.0. The Labute approximate surface area is 129 Å². The zero-order valence-electron chi connectivity index (χ0n) is 12.4. The first kappa shape index (κ1) is 14.5. The van der Waals surface area contributed by atoms with Crippen molar-refractivity contribution < 1.29 is 23.7 Å². The molecule has 2 aliphatic heterocycles. The van der Waals surface area contributed by atoms with Gasteiger partial charge in [0.15, 0.2) is 11.5 Å². The number of ether oxygens (including phenoxy) is 4. The number of fused-ring (bicyclic) bond motifs is 1. The fraction of sp³-hybridized carbons (Fsp3) is 0.353. The van der Waals surface area contributed by atoms with Crippen LogP contribution in [0.2, 0.25) is 0 Å². The Balaban J connectivity index is 1.65. The van der Waals surface area contributed by atoms with Crippen LogP contribution in [0.15, 0.2) is 36.1 Å². The van der Waals surface area contributed by atoms with Crippen LogP contribution in [-0.2, 0) is 14.3 Å². The van der Waals surface area contributed by atoms with Crippen LogP contribution >= 0.6 is 0 Å². The molecule has 0 radical (unpaired) electrons. The highest BCUT2D eigenvalue weighted by Gasteiger charge is 2.20. The standard InChI is InChI=1S/C17H18O5/c1-2-7-19-14-9-13(22-17(18)10-14)5-3-12-4-6-15-16(8-12)21-11-20-15/h3-6,8,10,13H,2,7,9,11H2,1H3. The van der Waals surface area contributed by atoms with E-state index in [-0.39, 0.29) is 18.9 Å². The second-order valence-corrected chi connectivity index (χ2v) is 5.11. The molecule has 0 bridgehead atoms. The molecule has 1 aromatic rings. The van der Waals surface area contributed by atoms with Crippen LogP contribution in [0.4, 0.5) is 0 Å². The Hall–Kier alpha value is -2.43. The van der Waals surface area contributed by atoms with Gasteiger partial charge in [-0.15, -0.1) is 0 Å². The SMILES string of the molecule is CCCOC1=CC(=O)OC(C=Cc2ccc3c(c2)OCO3)C1. The van der Waals surface area contributed by atoms with Gasteiger partial charge in [-0.25, -0.2) is 4.79 Å². The molecule has 1 unspecified atom stereocenters. The third-order valence-electron chi connectivity index (χ3n) is 3.34. The topological polar surface area (TPSA) is 54.0 Å². The number of hydrogen-bond donors (Lipinski definition) is 0. The van der Waals surface area contributed by atoms with E-state index in [2.05, 4.69) is 0 Å². The fourth-order valence-corrected chi connectivity index (χ4v) is 2.29. The van der Waals surface area contributed by atoms with Crippen molar-refractivity contribution >= 4 is 12.0 Å². The summed E-state index contributed by atoms with van der Waals surface area (Å²) in [5, 5.41) is 0. The van der Waals surface area contributed by atoms with Gasteiger partial charge in [-0.3, -0.25) is 0 Å². The first-order valence-corrected chi connectivity index (χ1v) is 7.36. The van der Waals surface area contributed by atoms with E-state index < -0.39 is 0 Å². The molecule has 22 heavy (non-hydrogen) atoms. The summed E-state index contributed by atoms with van der Waals surface area (Å²) in [6.07, 6.45) is 6.34.